The molecule has 0 aromatic heterocycles. The number of methoxy groups -OCH3 is 1. The van der Waals surface area contributed by atoms with Crippen molar-refractivity contribution in [2.24, 2.45) is 0 Å². The van der Waals surface area contributed by atoms with Crippen LogP contribution in [-0.4, -0.2) is 7.11 Å². The average Bonchev–Trinajstić information content (AvgIpc) is 2.64. The molecule has 0 radical (unpaired) electrons. The highest BCUT2D eigenvalue weighted by Gasteiger charge is 2.13. The second-order valence-electron chi connectivity index (χ2n) is 5.57. The lowest BCUT2D eigenvalue weighted by atomic mass is 9.99. The fourth-order valence-electron chi connectivity index (χ4n) is 2.69. The van der Waals surface area contributed by atoms with E-state index >= 15 is 0 Å². The normalized spacial score (nSPS) is 10.7. The van der Waals surface area contributed by atoms with Gasteiger partial charge in [-0.2, -0.15) is 0 Å². The van der Waals surface area contributed by atoms with Crippen molar-refractivity contribution in [1.82, 2.24) is 0 Å². The van der Waals surface area contributed by atoms with Gasteiger partial charge in [-0.05, 0) is 40.8 Å². The summed E-state index contributed by atoms with van der Waals surface area (Å²) in [4.78, 5) is 0. The Morgan fingerprint density at radius 1 is 0.833 bits per heavy atom. The lowest BCUT2D eigenvalue weighted by molar-refractivity contribution is 0.412. The second kappa shape index (κ2) is 7.06. The van der Waals surface area contributed by atoms with E-state index in [1.54, 1.807) is 12.1 Å². The van der Waals surface area contributed by atoms with E-state index in [0.717, 1.165) is 23.1 Å². The molecule has 3 rings (SSSR count). The number of halogens is 2. The molecule has 0 aliphatic rings. The third-order valence-corrected chi connectivity index (χ3v) is 4.51. The van der Waals surface area contributed by atoms with Crippen LogP contribution >= 0.6 is 11.6 Å². The molecule has 0 unspecified atom stereocenters. The first-order valence-electron chi connectivity index (χ1n) is 7.85. The van der Waals surface area contributed by atoms with Gasteiger partial charge in [0.1, 0.15) is 10.8 Å². The lowest BCUT2D eigenvalue weighted by Crippen LogP contribution is -1.91. The van der Waals surface area contributed by atoms with Crippen LogP contribution in [0.25, 0.3) is 22.3 Å². The smallest absolute Gasteiger partial charge is 0.153 e. The van der Waals surface area contributed by atoms with E-state index in [1.807, 2.05) is 24.3 Å². The molecule has 0 aliphatic heterocycles. The van der Waals surface area contributed by atoms with Gasteiger partial charge >= 0.3 is 0 Å². The molecule has 122 valence electrons. The molecule has 0 atom stereocenters. The van der Waals surface area contributed by atoms with Crippen molar-refractivity contribution in [3.63, 3.8) is 0 Å². The molecule has 0 saturated heterocycles. The summed E-state index contributed by atoms with van der Waals surface area (Å²) >= 11 is 6.00. The minimum atomic E-state index is -0.462. The van der Waals surface area contributed by atoms with Gasteiger partial charge in [0, 0.05) is 5.56 Å². The molecular formula is C21H18ClFO. The zero-order chi connectivity index (χ0) is 17.1. The van der Waals surface area contributed by atoms with Crippen LogP contribution < -0.4 is 4.74 Å². The predicted octanol–water partition coefficient (Wildman–Crippen LogP) is 6.38. The van der Waals surface area contributed by atoms with Crippen LogP contribution in [0.15, 0.2) is 60.7 Å². The summed E-state index contributed by atoms with van der Waals surface area (Å²) in [5, 5.41) is 0.00855. The van der Waals surface area contributed by atoms with Crippen molar-refractivity contribution < 1.29 is 9.13 Å². The molecule has 0 N–H and O–H groups in total. The van der Waals surface area contributed by atoms with E-state index in [2.05, 4.69) is 31.2 Å². The summed E-state index contributed by atoms with van der Waals surface area (Å²) in [7, 11) is 1.47. The van der Waals surface area contributed by atoms with Gasteiger partial charge in [-0.15, -0.1) is 0 Å². The van der Waals surface area contributed by atoms with Crippen molar-refractivity contribution in [1.29, 1.82) is 0 Å². The quantitative estimate of drug-likeness (QED) is 0.535. The minimum Gasteiger partial charge on any atom is -0.495 e. The van der Waals surface area contributed by atoms with Crippen molar-refractivity contribution in [3.05, 3.63) is 77.1 Å². The first kappa shape index (κ1) is 16.5. The van der Waals surface area contributed by atoms with E-state index in [1.165, 1.54) is 12.7 Å². The topological polar surface area (TPSA) is 9.23 Å². The summed E-state index contributed by atoms with van der Waals surface area (Å²) < 4.78 is 19.5. The molecule has 0 aliphatic carbocycles. The average molecular weight is 341 g/mol. The number of hydrogen-bond acceptors (Lipinski definition) is 1. The molecular weight excluding hydrogens is 323 g/mol. The van der Waals surface area contributed by atoms with Crippen LogP contribution in [0.2, 0.25) is 5.02 Å². The van der Waals surface area contributed by atoms with Crippen molar-refractivity contribution in [2.45, 2.75) is 13.3 Å². The number of benzene rings is 3. The molecule has 0 bridgehead atoms. The first-order valence-corrected chi connectivity index (χ1v) is 8.23. The van der Waals surface area contributed by atoms with Gasteiger partial charge in [0.2, 0.25) is 0 Å². The lowest BCUT2D eigenvalue weighted by Gasteiger charge is -2.10. The van der Waals surface area contributed by atoms with Gasteiger partial charge in [0.25, 0.3) is 0 Å². The van der Waals surface area contributed by atoms with Crippen molar-refractivity contribution in [2.75, 3.05) is 7.11 Å². The SMILES string of the molecule is CCc1ccc(-c2ccc(-c3ccc(OC)c(Cl)c3F)cc2)cc1. The van der Waals surface area contributed by atoms with Crippen LogP contribution in [0.1, 0.15) is 12.5 Å². The molecule has 0 spiro atoms. The molecule has 0 saturated carbocycles. The van der Waals surface area contributed by atoms with Gasteiger partial charge in [0.15, 0.2) is 5.82 Å². The number of ether oxygens (including phenoxy) is 1. The first-order chi connectivity index (χ1) is 11.6. The fraction of sp³-hybridized carbons (Fsp3) is 0.143. The molecule has 3 aromatic carbocycles. The maximum absolute atomic E-state index is 14.4. The van der Waals surface area contributed by atoms with Gasteiger partial charge in [-0.25, -0.2) is 4.39 Å². The monoisotopic (exact) mass is 340 g/mol. The fourth-order valence-corrected chi connectivity index (χ4v) is 2.93. The molecule has 3 aromatic rings. The van der Waals surface area contributed by atoms with Crippen LogP contribution in [0.5, 0.6) is 5.75 Å². The Morgan fingerprint density at radius 3 is 1.92 bits per heavy atom. The highest BCUT2D eigenvalue weighted by Crippen LogP contribution is 2.35. The number of aryl methyl sites for hydroxylation is 1. The van der Waals surface area contributed by atoms with E-state index in [4.69, 9.17) is 16.3 Å². The standard InChI is InChI=1S/C21H18ClFO/c1-3-14-4-6-15(7-5-14)16-8-10-17(11-9-16)18-12-13-19(24-2)20(22)21(18)23/h4-13H,3H2,1-2H3. The number of hydrogen-bond donors (Lipinski definition) is 0. The maximum atomic E-state index is 14.4. The van der Waals surface area contributed by atoms with Crippen LogP contribution in [0, 0.1) is 5.82 Å². The number of rotatable bonds is 4. The molecule has 1 nitrogen and oxygen atoms in total. The minimum absolute atomic E-state index is 0.00855. The Hall–Kier alpha value is -2.32. The van der Waals surface area contributed by atoms with Gasteiger partial charge in [0.05, 0.1) is 7.11 Å². The largest absolute Gasteiger partial charge is 0.495 e. The van der Waals surface area contributed by atoms with Crippen molar-refractivity contribution in [3.8, 4) is 28.0 Å². The second-order valence-corrected chi connectivity index (χ2v) is 5.95. The summed E-state index contributed by atoms with van der Waals surface area (Å²) in [5.41, 5.74) is 4.80. The van der Waals surface area contributed by atoms with Crippen LogP contribution in [0.3, 0.4) is 0 Å². The maximum Gasteiger partial charge on any atom is 0.153 e. The summed E-state index contributed by atoms with van der Waals surface area (Å²) in [5.74, 6) is -0.124. The molecule has 3 heteroatoms. The predicted molar refractivity (Wildman–Crippen MR) is 98.2 cm³/mol. The van der Waals surface area contributed by atoms with Gasteiger partial charge in [-0.1, -0.05) is 67.1 Å². The van der Waals surface area contributed by atoms with Crippen molar-refractivity contribution >= 4 is 11.6 Å². The van der Waals surface area contributed by atoms with E-state index in [9.17, 15) is 4.39 Å². The van der Waals surface area contributed by atoms with Crippen LogP contribution in [-0.2, 0) is 6.42 Å². The van der Waals surface area contributed by atoms with Gasteiger partial charge < -0.3 is 4.74 Å². The van der Waals surface area contributed by atoms with E-state index in [0.29, 0.717) is 11.3 Å². The third kappa shape index (κ3) is 3.15. The zero-order valence-corrected chi connectivity index (χ0v) is 14.4. The van der Waals surface area contributed by atoms with E-state index < -0.39 is 5.82 Å². The van der Waals surface area contributed by atoms with E-state index in [-0.39, 0.29) is 5.02 Å². The summed E-state index contributed by atoms with van der Waals surface area (Å²) in [6.45, 7) is 2.14. The molecule has 0 fully saturated rings. The Labute approximate surface area is 146 Å². The Bertz CT molecular complexity index is 839. The third-order valence-electron chi connectivity index (χ3n) is 4.16. The highest BCUT2D eigenvalue weighted by molar-refractivity contribution is 6.32. The zero-order valence-electron chi connectivity index (χ0n) is 13.6. The molecule has 24 heavy (non-hydrogen) atoms. The Balaban J connectivity index is 1.93. The highest BCUT2D eigenvalue weighted by atomic mass is 35.5. The van der Waals surface area contributed by atoms with Gasteiger partial charge in [-0.3, -0.25) is 0 Å². The Kier molecular flexibility index (Phi) is 4.86. The summed E-state index contributed by atoms with van der Waals surface area (Å²) in [6.07, 6.45) is 1.02. The molecule has 0 amide bonds. The van der Waals surface area contributed by atoms with Crippen LogP contribution in [0.4, 0.5) is 4.39 Å². The molecule has 0 heterocycles. The summed E-state index contributed by atoms with van der Waals surface area (Å²) in [6, 6.07) is 19.6. The Morgan fingerprint density at radius 2 is 1.38 bits per heavy atom.